The van der Waals surface area contributed by atoms with Crippen LogP contribution in [0.3, 0.4) is 0 Å². The number of rotatable bonds is 3. The van der Waals surface area contributed by atoms with Crippen molar-refractivity contribution in [1.29, 1.82) is 0 Å². The van der Waals surface area contributed by atoms with Crippen LogP contribution in [0.1, 0.15) is 43.0 Å². The Bertz CT molecular complexity index is 642. The van der Waals surface area contributed by atoms with Gasteiger partial charge in [0, 0.05) is 10.7 Å². The number of esters is 1. The Morgan fingerprint density at radius 3 is 2.57 bits per heavy atom. The van der Waals surface area contributed by atoms with Crippen molar-refractivity contribution in [2.45, 2.75) is 43.6 Å². The van der Waals surface area contributed by atoms with Crippen molar-refractivity contribution < 1.29 is 17.9 Å². The van der Waals surface area contributed by atoms with Gasteiger partial charge in [0.1, 0.15) is 11.0 Å². The highest BCUT2D eigenvalue weighted by Gasteiger charge is 2.26. The normalized spacial score (nSPS) is 22.8. The van der Waals surface area contributed by atoms with Crippen molar-refractivity contribution in [3.05, 3.63) is 28.8 Å². The van der Waals surface area contributed by atoms with E-state index in [0.717, 1.165) is 31.7 Å². The number of hydrogen-bond acceptors (Lipinski definition) is 4. The van der Waals surface area contributed by atoms with E-state index in [4.69, 9.17) is 27.0 Å². The molecule has 0 saturated heterocycles. The molecule has 0 aliphatic heterocycles. The first-order valence-electron chi connectivity index (χ1n) is 6.74. The minimum absolute atomic E-state index is 0.0208. The molecule has 116 valence electrons. The van der Waals surface area contributed by atoms with Crippen LogP contribution in [-0.4, -0.2) is 20.5 Å². The molecule has 1 fully saturated rings. The lowest BCUT2D eigenvalue weighted by molar-refractivity contribution is 0.00479. The molecule has 0 aromatic heterocycles. The van der Waals surface area contributed by atoms with Crippen LogP contribution in [0.15, 0.2) is 23.1 Å². The molecule has 0 heterocycles. The maximum atomic E-state index is 12.1. The highest BCUT2D eigenvalue weighted by atomic mass is 35.7. The van der Waals surface area contributed by atoms with Crippen LogP contribution < -0.4 is 0 Å². The third-order valence-corrected chi connectivity index (χ3v) is 5.52. The van der Waals surface area contributed by atoms with Gasteiger partial charge in [0.25, 0.3) is 9.05 Å². The minimum Gasteiger partial charge on any atom is -0.459 e. The topological polar surface area (TPSA) is 60.4 Å². The molecule has 0 amide bonds. The third-order valence-electron chi connectivity index (χ3n) is 3.72. The van der Waals surface area contributed by atoms with Gasteiger partial charge in [-0.05, 0) is 43.4 Å². The fourth-order valence-corrected chi connectivity index (χ4v) is 3.97. The van der Waals surface area contributed by atoms with Crippen LogP contribution in [0.4, 0.5) is 0 Å². The molecule has 0 radical (unpaired) electrons. The summed E-state index contributed by atoms with van der Waals surface area (Å²) in [6.07, 6.45) is 3.91. The van der Waals surface area contributed by atoms with Crippen molar-refractivity contribution in [2.24, 2.45) is 5.92 Å². The standard InChI is InChI=1S/C14H16Cl2O4S/c1-9-4-2-3-5-12(9)20-14(17)10-6-7-11(15)13(8-10)21(16,18)19/h6-9,12H,2-5H2,1H3. The lowest BCUT2D eigenvalue weighted by atomic mass is 9.88. The largest absolute Gasteiger partial charge is 0.459 e. The lowest BCUT2D eigenvalue weighted by Crippen LogP contribution is -2.28. The zero-order valence-electron chi connectivity index (χ0n) is 11.5. The number of carbonyl (C=O) groups is 1. The Hall–Kier alpha value is -0.780. The molecule has 0 spiro atoms. The lowest BCUT2D eigenvalue weighted by Gasteiger charge is -2.28. The Morgan fingerprint density at radius 2 is 1.95 bits per heavy atom. The quantitative estimate of drug-likeness (QED) is 0.610. The fraction of sp³-hybridized carbons (Fsp3) is 0.500. The Labute approximate surface area is 133 Å². The second-order valence-corrected chi connectivity index (χ2v) is 8.23. The monoisotopic (exact) mass is 350 g/mol. The maximum absolute atomic E-state index is 12.1. The second kappa shape index (κ2) is 6.55. The molecular formula is C14H16Cl2O4S. The number of hydrogen-bond donors (Lipinski definition) is 0. The van der Waals surface area contributed by atoms with E-state index in [0.29, 0.717) is 5.92 Å². The first kappa shape index (κ1) is 16.6. The van der Waals surface area contributed by atoms with Gasteiger partial charge in [0.2, 0.25) is 0 Å². The van der Waals surface area contributed by atoms with Crippen LogP contribution >= 0.6 is 22.3 Å². The highest BCUT2D eigenvalue weighted by molar-refractivity contribution is 8.13. The van der Waals surface area contributed by atoms with E-state index in [1.807, 2.05) is 6.92 Å². The van der Waals surface area contributed by atoms with E-state index in [2.05, 4.69) is 0 Å². The van der Waals surface area contributed by atoms with Gasteiger partial charge in [-0.3, -0.25) is 0 Å². The van der Waals surface area contributed by atoms with E-state index in [1.54, 1.807) is 0 Å². The van der Waals surface area contributed by atoms with Crippen molar-refractivity contribution in [2.75, 3.05) is 0 Å². The van der Waals surface area contributed by atoms with E-state index in [1.165, 1.54) is 12.1 Å². The molecule has 7 heteroatoms. The zero-order valence-corrected chi connectivity index (χ0v) is 13.8. The van der Waals surface area contributed by atoms with Gasteiger partial charge in [-0.1, -0.05) is 24.9 Å². The maximum Gasteiger partial charge on any atom is 0.338 e. The van der Waals surface area contributed by atoms with Crippen molar-refractivity contribution in [1.82, 2.24) is 0 Å². The molecular weight excluding hydrogens is 335 g/mol. The van der Waals surface area contributed by atoms with Crippen LogP contribution in [0, 0.1) is 5.92 Å². The van der Waals surface area contributed by atoms with Crippen molar-refractivity contribution >= 4 is 37.3 Å². The molecule has 1 saturated carbocycles. The molecule has 21 heavy (non-hydrogen) atoms. The van der Waals surface area contributed by atoms with Crippen molar-refractivity contribution in [3.8, 4) is 0 Å². The molecule has 2 unspecified atom stereocenters. The molecule has 1 aliphatic carbocycles. The molecule has 2 rings (SSSR count). The summed E-state index contributed by atoms with van der Waals surface area (Å²) in [6.45, 7) is 2.05. The summed E-state index contributed by atoms with van der Waals surface area (Å²) in [5.41, 5.74) is 0.136. The fourth-order valence-electron chi connectivity index (χ4n) is 2.48. The van der Waals surface area contributed by atoms with Crippen LogP contribution in [0.5, 0.6) is 0 Å². The van der Waals surface area contributed by atoms with E-state index in [-0.39, 0.29) is 21.6 Å². The molecule has 4 nitrogen and oxygen atoms in total. The minimum atomic E-state index is -4.00. The summed E-state index contributed by atoms with van der Waals surface area (Å²) < 4.78 is 28.3. The highest BCUT2D eigenvalue weighted by Crippen LogP contribution is 2.29. The van der Waals surface area contributed by atoms with Crippen LogP contribution in [0.25, 0.3) is 0 Å². The predicted molar refractivity (Wildman–Crippen MR) is 81.3 cm³/mol. The number of halogens is 2. The second-order valence-electron chi connectivity index (χ2n) is 5.29. The van der Waals surface area contributed by atoms with Gasteiger partial charge in [-0.15, -0.1) is 0 Å². The van der Waals surface area contributed by atoms with E-state index in [9.17, 15) is 13.2 Å². The Balaban J connectivity index is 2.20. The average molecular weight is 351 g/mol. The molecule has 2 atom stereocenters. The van der Waals surface area contributed by atoms with Crippen LogP contribution in [-0.2, 0) is 13.8 Å². The smallest absolute Gasteiger partial charge is 0.338 e. The van der Waals surface area contributed by atoms with Gasteiger partial charge in [0.05, 0.1) is 10.6 Å². The zero-order chi connectivity index (χ0) is 15.6. The molecule has 1 aliphatic rings. The summed E-state index contributed by atoms with van der Waals surface area (Å²) in [5.74, 6) is -0.238. The number of ether oxygens (including phenoxy) is 1. The van der Waals surface area contributed by atoms with E-state index >= 15 is 0 Å². The van der Waals surface area contributed by atoms with Crippen LogP contribution in [0.2, 0.25) is 5.02 Å². The first-order valence-corrected chi connectivity index (χ1v) is 9.43. The summed E-state index contributed by atoms with van der Waals surface area (Å²) in [6, 6.07) is 3.92. The number of benzene rings is 1. The SMILES string of the molecule is CC1CCCCC1OC(=O)c1ccc(Cl)c(S(=O)(=O)Cl)c1. The van der Waals surface area contributed by atoms with Gasteiger partial charge in [-0.25, -0.2) is 13.2 Å². The molecule has 1 aromatic carbocycles. The molecule has 0 N–H and O–H groups in total. The summed E-state index contributed by atoms with van der Waals surface area (Å²) in [4.78, 5) is 11.9. The molecule has 0 bridgehead atoms. The van der Waals surface area contributed by atoms with Gasteiger partial charge in [-0.2, -0.15) is 0 Å². The van der Waals surface area contributed by atoms with E-state index < -0.39 is 15.0 Å². The van der Waals surface area contributed by atoms with Gasteiger partial charge < -0.3 is 4.74 Å². The molecule has 1 aromatic rings. The predicted octanol–water partition coefficient (Wildman–Crippen LogP) is 4.00. The van der Waals surface area contributed by atoms with Crippen molar-refractivity contribution in [3.63, 3.8) is 0 Å². The van der Waals surface area contributed by atoms with Gasteiger partial charge >= 0.3 is 5.97 Å². The summed E-state index contributed by atoms with van der Waals surface area (Å²) in [7, 11) is 1.29. The number of carbonyl (C=O) groups excluding carboxylic acids is 1. The van der Waals surface area contributed by atoms with Gasteiger partial charge in [0.15, 0.2) is 0 Å². The Kier molecular flexibility index (Phi) is 5.17. The average Bonchev–Trinajstić information content (AvgIpc) is 2.40. The third kappa shape index (κ3) is 4.11. The summed E-state index contributed by atoms with van der Waals surface area (Å²) >= 11 is 5.78. The first-order chi connectivity index (χ1) is 9.79. The Morgan fingerprint density at radius 1 is 1.29 bits per heavy atom. The summed E-state index contributed by atoms with van der Waals surface area (Å²) in [5, 5.41) is -0.0208.